The first-order valence-corrected chi connectivity index (χ1v) is 10.9. The zero-order valence-corrected chi connectivity index (χ0v) is 18.7. The van der Waals surface area contributed by atoms with Gasteiger partial charge in [-0.25, -0.2) is 0 Å². The van der Waals surface area contributed by atoms with Crippen LogP contribution >= 0.6 is 12.6 Å². The van der Waals surface area contributed by atoms with Crippen molar-refractivity contribution in [3.63, 3.8) is 0 Å². The summed E-state index contributed by atoms with van der Waals surface area (Å²) in [5, 5.41) is 0. The maximum absolute atomic E-state index is 5.23. The van der Waals surface area contributed by atoms with Crippen molar-refractivity contribution < 1.29 is 0 Å². The third-order valence-corrected chi connectivity index (χ3v) is 8.51. The van der Waals surface area contributed by atoms with Crippen molar-refractivity contribution in [2.45, 2.75) is 120 Å². The number of hydrogen-bond donors (Lipinski definition) is 1. The van der Waals surface area contributed by atoms with E-state index in [-0.39, 0.29) is 10.8 Å². The van der Waals surface area contributed by atoms with Crippen molar-refractivity contribution in [1.29, 1.82) is 0 Å². The Hall–Kier alpha value is -0.430. The Labute approximate surface area is 161 Å². The van der Waals surface area contributed by atoms with Gasteiger partial charge in [0, 0.05) is 4.90 Å². The van der Waals surface area contributed by atoms with Gasteiger partial charge in [0.15, 0.2) is 0 Å². The molecule has 0 heterocycles. The Bertz CT molecular complexity index is 628. The number of thiol groups is 1. The van der Waals surface area contributed by atoms with E-state index in [1.54, 1.807) is 22.3 Å². The fourth-order valence-electron chi connectivity index (χ4n) is 6.70. The molecule has 0 nitrogen and oxygen atoms in total. The van der Waals surface area contributed by atoms with E-state index in [1.165, 1.54) is 43.4 Å². The monoisotopic (exact) mass is 358 g/mol. The second-order valence-electron chi connectivity index (χ2n) is 10.2. The standard InChI is InChI=1S/C24H38S/c1-9-23(10-2)14-21(5,6)18-16(23)13-17-19(20(18)25)22(7,8)15-24(17,11-3)12-4/h13,25H,9-12,14-15H2,1-8H3. The van der Waals surface area contributed by atoms with Crippen LogP contribution in [0.4, 0.5) is 0 Å². The van der Waals surface area contributed by atoms with E-state index in [0.717, 1.165) is 0 Å². The van der Waals surface area contributed by atoms with Gasteiger partial charge in [0.25, 0.3) is 0 Å². The summed E-state index contributed by atoms with van der Waals surface area (Å²) in [6, 6.07) is 2.66. The van der Waals surface area contributed by atoms with Crippen LogP contribution in [0.3, 0.4) is 0 Å². The van der Waals surface area contributed by atoms with E-state index in [1.807, 2.05) is 0 Å². The van der Waals surface area contributed by atoms with Gasteiger partial charge in [0.05, 0.1) is 0 Å². The number of fused-ring (bicyclic) bond motifs is 2. The SMILES string of the molecule is CCC1(CC)CC(C)(C)c2c1cc1c(c2S)C(C)(C)CC1(CC)CC. The zero-order valence-electron chi connectivity index (χ0n) is 17.8. The molecular formula is C24H38S. The Morgan fingerprint density at radius 1 is 0.720 bits per heavy atom. The Morgan fingerprint density at radius 2 is 1.04 bits per heavy atom. The molecule has 25 heavy (non-hydrogen) atoms. The van der Waals surface area contributed by atoms with E-state index in [4.69, 9.17) is 12.6 Å². The van der Waals surface area contributed by atoms with Crippen LogP contribution in [0.15, 0.2) is 11.0 Å². The maximum atomic E-state index is 5.23. The van der Waals surface area contributed by atoms with Gasteiger partial charge in [-0.05, 0) is 82.4 Å². The molecule has 0 aromatic heterocycles. The third-order valence-electron chi connectivity index (χ3n) is 8.06. The molecule has 0 radical (unpaired) electrons. The summed E-state index contributed by atoms with van der Waals surface area (Å²) in [6.45, 7) is 19.3. The van der Waals surface area contributed by atoms with Crippen LogP contribution in [0, 0.1) is 0 Å². The van der Waals surface area contributed by atoms with E-state index in [9.17, 15) is 0 Å². The van der Waals surface area contributed by atoms with Crippen LogP contribution in [0.1, 0.15) is 116 Å². The molecule has 1 aromatic carbocycles. The summed E-state index contributed by atoms with van der Waals surface area (Å²) in [6.07, 6.45) is 7.48. The third kappa shape index (κ3) is 2.40. The van der Waals surface area contributed by atoms with Crippen LogP contribution in [0.5, 0.6) is 0 Å². The lowest BCUT2D eigenvalue weighted by molar-refractivity contribution is 0.320. The maximum Gasteiger partial charge on any atom is 0.0121 e. The second kappa shape index (κ2) is 5.78. The first kappa shape index (κ1) is 19.3. The van der Waals surface area contributed by atoms with Gasteiger partial charge in [0.2, 0.25) is 0 Å². The van der Waals surface area contributed by atoms with E-state index < -0.39 is 0 Å². The highest BCUT2D eigenvalue weighted by atomic mass is 32.1. The van der Waals surface area contributed by atoms with E-state index >= 15 is 0 Å². The Morgan fingerprint density at radius 3 is 1.32 bits per heavy atom. The largest absolute Gasteiger partial charge is 0.143 e. The van der Waals surface area contributed by atoms with Crippen molar-refractivity contribution in [3.05, 3.63) is 28.3 Å². The molecule has 0 N–H and O–H groups in total. The summed E-state index contributed by atoms with van der Waals surface area (Å²) >= 11 is 5.23. The van der Waals surface area contributed by atoms with E-state index in [0.29, 0.717) is 10.8 Å². The first-order valence-electron chi connectivity index (χ1n) is 10.5. The molecule has 0 unspecified atom stereocenters. The molecule has 2 aliphatic rings. The van der Waals surface area contributed by atoms with Crippen LogP contribution < -0.4 is 0 Å². The van der Waals surface area contributed by atoms with Gasteiger partial charge >= 0.3 is 0 Å². The first-order chi connectivity index (χ1) is 11.5. The molecule has 0 aliphatic heterocycles. The van der Waals surface area contributed by atoms with Crippen molar-refractivity contribution in [2.75, 3.05) is 0 Å². The molecule has 1 aromatic rings. The van der Waals surface area contributed by atoms with Gasteiger partial charge in [-0.2, -0.15) is 0 Å². The summed E-state index contributed by atoms with van der Waals surface area (Å²) in [5.41, 5.74) is 7.53. The highest BCUT2D eigenvalue weighted by Gasteiger charge is 2.52. The van der Waals surface area contributed by atoms with Crippen molar-refractivity contribution in [2.24, 2.45) is 0 Å². The number of rotatable bonds is 4. The lowest BCUT2D eigenvalue weighted by atomic mass is 9.72. The fraction of sp³-hybridized carbons (Fsp3) is 0.750. The normalized spacial score (nSPS) is 24.2. The zero-order chi connectivity index (χ0) is 18.8. The summed E-state index contributed by atoms with van der Waals surface area (Å²) in [7, 11) is 0. The predicted octanol–water partition coefficient (Wildman–Crippen LogP) is 7.45. The molecule has 0 fully saturated rings. The minimum atomic E-state index is 0.229. The highest BCUT2D eigenvalue weighted by molar-refractivity contribution is 7.80. The van der Waals surface area contributed by atoms with Crippen molar-refractivity contribution >= 4 is 12.6 Å². The average Bonchev–Trinajstić information content (AvgIpc) is 2.94. The summed E-state index contributed by atoms with van der Waals surface area (Å²) < 4.78 is 0. The van der Waals surface area contributed by atoms with Gasteiger partial charge in [-0.15, -0.1) is 12.6 Å². The molecule has 0 atom stereocenters. The molecule has 2 aliphatic carbocycles. The summed E-state index contributed by atoms with van der Waals surface area (Å²) in [5.74, 6) is 0. The van der Waals surface area contributed by atoms with Crippen molar-refractivity contribution in [3.8, 4) is 0 Å². The molecule has 0 bridgehead atoms. The number of benzene rings is 1. The van der Waals surface area contributed by atoms with Gasteiger partial charge in [-0.3, -0.25) is 0 Å². The minimum absolute atomic E-state index is 0.229. The minimum Gasteiger partial charge on any atom is -0.143 e. The van der Waals surface area contributed by atoms with Crippen LogP contribution in [-0.2, 0) is 21.7 Å². The lowest BCUT2D eigenvalue weighted by Gasteiger charge is -2.32. The van der Waals surface area contributed by atoms with Crippen molar-refractivity contribution in [1.82, 2.24) is 0 Å². The molecule has 0 amide bonds. The fourth-order valence-corrected chi connectivity index (χ4v) is 7.54. The molecule has 3 rings (SSSR count). The van der Waals surface area contributed by atoms with Gasteiger partial charge < -0.3 is 0 Å². The number of hydrogen-bond acceptors (Lipinski definition) is 1. The second-order valence-corrected chi connectivity index (χ2v) is 10.6. The molecular weight excluding hydrogens is 320 g/mol. The van der Waals surface area contributed by atoms with E-state index in [2.05, 4.69) is 61.5 Å². The van der Waals surface area contributed by atoms with Gasteiger partial charge in [-0.1, -0.05) is 61.5 Å². The molecule has 0 saturated carbocycles. The summed E-state index contributed by atoms with van der Waals surface area (Å²) in [4.78, 5) is 1.33. The predicted molar refractivity (Wildman–Crippen MR) is 114 cm³/mol. The van der Waals surface area contributed by atoms with Crippen LogP contribution in [-0.4, -0.2) is 0 Å². The average molecular weight is 359 g/mol. The molecule has 140 valence electrons. The molecule has 0 spiro atoms. The lowest BCUT2D eigenvalue weighted by Crippen LogP contribution is -2.25. The van der Waals surface area contributed by atoms with Crippen LogP contribution in [0.2, 0.25) is 0 Å². The Kier molecular flexibility index (Phi) is 4.47. The quantitative estimate of drug-likeness (QED) is 0.531. The molecule has 0 saturated heterocycles. The Balaban J connectivity index is 2.41. The topological polar surface area (TPSA) is 0 Å². The smallest absolute Gasteiger partial charge is 0.0121 e. The molecule has 1 heteroatoms. The van der Waals surface area contributed by atoms with Crippen LogP contribution in [0.25, 0.3) is 0 Å². The van der Waals surface area contributed by atoms with Gasteiger partial charge in [0.1, 0.15) is 0 Å². The highest BCUT2D eigenvalue weighted by Crippen LogP contribution is 2.62.